The van der Waals surface area contributed by atoms with Crippen molar-refractivity contribution in [2.75, 3.05) is 6.61 Å². The molecule has 0 aliphatic heterocycles. The highest BCUT2D eigenvalue weighted by Gasteiger charge is 2.07. The van der Waals surface area contributed by atoms with Crippen molar-refractivity contribution in [1.29, 1.82) is 0 Å². The zero-order valence-electron chi connectivity index (χ0n) is 7.01. The number of aromatic nitrogens is 1. The van der Waals surface area contributed by atoms with Crippen molar-refractivity contribution >= 4 is 5.97 Å². The van der Waals surface area contributed by atoms with E-state index in [0.29, 0.717) is 0 Å². The first-order valence-corrected chi connectivity index (χ1v) is 3.71. The van der Waals surface area contributed by atoms with Crippen LogP contribution >= 0.6 is 0 Å². The summed E-state index contributed by atoms with van der Waals surface area (Å²) in [5, 5.41) is 8.47. The van der Waals surface area contributed by atoms with E-state index in [1.54, 1.807) is 24.5 Å². The topological polar surface area (TPSA) is 50.4 Å². The molecule has 0 radical (unpaired) electrons. The molecule has 1 N–H and O–H groups in total. The van der Waals surface area contributed by atoms with Crippen LogP contribution in [0, 0.1) is 0 Å². The number of carboxylic acids is 1. The van der Waals surface area contributed by atoms with Crippen molar-refractivity contribution in [2.24, 2.45) is 0 Å². The second-order valence-corrected chi connectivity index (χ2v) is 2.42. The second-order valence-electron chi connectivity index (χ2n) is 2.42. The molecule has 4 heteroatoms. The Morgan fingerprint density at radius 3 is 2.54 bits per heavy atom. The summed E-state index contributed by atoms with van der Waals surface area (Å²) in [5.41, 5.74) is 0.0244. The van der Waals surface area contributed by atoms with Gasteiger partial charge in [-0.2, -0.15) is 0 Å². The van der Waals surface area contributed by atoms with Crippen LogP contribution in [0.25, 0.3) is 0 Å². The molecule has 0 saturated carbocycles. The van der Waals surface area contributed by atoms with E-state index in [1.165, 1.54) is 4.73 Å². The molecule has 68 valence electrons. The number of carbonyl (C=O) groups is 1. The molecule has 0 fully saturated rings. The minimum Gasteiger partial charge on any atom is -0.478 e. The molecule has 0 atom stereocenters. The molecule has 0 aliphatic carbocycles. The van der Waals surface area contributed by atoms with Gasteiger partial charge in [0.05, 0.1) is 5.57 Å². The van der Waals surface area contributed by atoms with Crippen LogP contribution in [0.1, 0.15) is 0 Å². The number of nitrogens with zero attached hydrogens (tertiary/aromatic N) is 1. The van der Waals surface area contributed by atoms with Gasteiger partial charge in [-0.1, -0.05) is 12.6 Å². The summed E-state index contributed by atoms with van der Waals surface area (Å²) in [6.07, 6.45) is 3.35. The normalized spacial score (nSPS) is 9.23. The van der Waals surface area contributed by atoms with Gasteiger partial charge >= 0.3 is 5.97 Å². The summed E-state index contributed by atoms with van der Waals surface area (Å²) in [6, 6.07) is 5.40. The molecule has 1 heterocycles. The van der Waals surface area contributed by atoms with Crippen LogP contribution in [0.15, 0.2) is 42.7 Å². The highest BCUT2D eigenvalue weighted by atomic mass is 16.7. The predicted molar refractivity (Wildman–Crippen MR) is 44.9 cm³/mol. The van der Waals surface area contributed by atoms with Crippen LogP contribution < -0.4 is 9.57 Å². The van der Waals surface area contributed by atoms with Gasteiger partial charge in [0.15, 0.2) is 6.61 Å². The SMILES string of the molecule is C=C(CO[n+]1ccccc1)C(=O)O. The fourth-order valence-electron chi connectivity index (χ4n) is 0.683. The Labute approximate surface area is 75.7 Å². The van der Waals surface area contributed by atoms with Crippen molar-refractivity contribution < 1.29 is 19.5 Å². The average Bonchev–Trinajstić information content (AvgIpc) is 2.15. The molecule has 0 aromatic carbocycles. The monoisotopic (exact) mass is 180 g/mol. The van der Waals surface area contributed by atoms with Crippen molar-refractivity contribution in [2.45, 2.75) is 0 Å². The van der Waals surface area contributed by atoms with Gasteiger partial charge in [0.2, 0.25) is 12.4 Å². The van der Waals surface area contributed by atoms with Crippen molar-refractivity contribution in [1.82, 2.24) is 0 Å². The first kappa shape index (κ1) is 9.25. The number of hydrogen-bond donors (Lipinski definition) is 1. The van der Waals surface area contributed by atoms with E-state index in [9.17, 15) is 4.79 Å². The number of carboxylic acid groups (broad SMARTS) is 1. The quantitative estimate of drug-likeness (QED) is 0.526. The van der Waals surface area contributed by atoms with E-state index in [-0.39, 0.29) is 12.2 Å². The number of rotatable bonds is 4. The van der Waals surface area contributed by atoms with Gasteiger partial charge in [-0.05, 0) is 0 Å². The third kappa shape index (κ3) is 2.94. The van der Waals surface area contributed by atoms with E-state index in [2.05, 4.69) is 6.58 Å². The van der Waals surface area contributed by atoms with Gasteiger partial charge in [-0.3, -0.25) is 4.84 Å². The standard InChI is InChI=1S/C9H9NO3/c1-8(9(11)12)7-13-10-5-3-2-4-6-10/h2-6H,1,7H2/p+1. The molecule has 1 aromatic heterocycles. The number of hydrogen-bond acceptors (Lipinski definition) is 2. The fourth-order valence-corrected chi connectivity index (χ4v) is 0.683. The molecule has 0 spiro atoms. The number of pyridine rings is 1. The van der Waals surface area contributed by atoms with E-state index in [0.717, 1.165) is 0 Å². The summed E-state index contributed by atoms with van der Waals surface area (Å²) < 4.78 is 1.42. The van der Waals surface area contributed by atoms with Crippen LogP contribution in [0.4, 0.5) is 0 Å². The minimum absolute atomic E-state index is 0.0238. The van der Waals surface area contributed by atoms with Gasteiger partial charge in [0.1, 0.15) is 0 Å². The summed E-state index contributed by atoms with van der Waals surface area (Å²) in [4.78, 5) is 15.4. The third-order valence-corrected chi connectivity index (χ3v) is 1.38. The Kier molecular flexibility index (Phi) is 3.03. The second kappa shape index (κ2) is 4.25. The average molecular weight is 180 g/mol. The lowest BCUT2D eigenvalue weighted by Gasteiger charge is -1.96. The fraction of sp³-hybridized carbons (Fsp3) is 0.111. The molecule has 0 aliphatic rings. The van der Waals surface area contributed by atoms with E-state index in [1.807, 2.05) is 6.07 Å². The molecular formula is C9H10NO3+. The van der Waals surface area contributed by atoms with Crippen molar-refractivity contribution in [3.8, 4) is 0 Å². The van der Waals surface area contributed by atoms with Crippen LogP contribution in [0.2, 0.25) is 0 Å². The third-order valence-electron chi connectivity index (χ3n) is 1.38. The van der Waals surface area contributed by atoms with Crippen LogP contribution in [0.5, 0.6) is 0 Å². The maximum atomic E-state index is 10.3. The Morgan fingerprint density at radius 2 is 2.00 bits per heavy atom. The summed E-state index contributed by atoms with van der Waals surface area (Å²) in [6.45, 7) is 3.31. The molecule has 13 heavy (non-hydrogen) atoms. The predicted octanol–water partition coefficient (Wildman–Crippen LogP) is 0.0435. The lowest BCUT2D eigenvalue weighted by Crippen LogP contribution is -2.42. The molecular weight excluding hydrogens is 170 g/mol. The molecule has 1 aromatic rings. The molecule has 0 unspecified atom stereocenters. The van der Waals surface area contributed by atoms with Crippen LogP contribution in [-0.2, 0) is 4.79 Å². The Morgan fingerprint density at radius 1 is 1.38 bits per heavy atom. The van der Waals surface area contributed by atoms with Crippen LogP contribution in [-0.4, -0.2) is 17.7 Å². The minimum atomic E-state index is -1.04. The van der Waals surface area contributed by atoms with Gasteiger partial charge in [-0.15, -0.1) is 0 Å². The Balaban J connectivity index is 2.44. The van der Waals surface area contributed by atoms with Gasteiger partial charge in [0.25, 0.3) is 0 Å². The van der Waals surface area contributed by atoms with E-state index >= 15 is 0 Å². The Bertz CT molecular complexity index is 308. The molecule has 0 saturated heterocycles. The largest absolute Gasteiger partial charge is 0.478 e. The van der Waals surface area contributed by atoms with E-state index in [4.69, 9.17) is 9.94 Å². The maximum Gasteiger partial charge on any atom is 0.334 e. The molecule has 1 rings (SSSR count). The molecule has 0 bridgehead atoms. The maximum absolute atomic E-state index is 10.3. The van der Waals surface area contributed by atoms with Crippen molar-refractivity contribution in [3.05, 3.63) is 42.7 Å². The first-order valence-electron chi connectivity index (χ1n) is 3.71. The zero-order chi connectivity index (χ0) is 9.68. The van der Waals surface area contributed by atoms with Gasteiger partial charge in [0, 0.05) is 16.9 Å². The van der Waals surface area contributed by atoms with Crippen LogP contribution in [0.3, 0.4) is 0 Å². The lowest BCUT2D eigenvalue weighted by atomic mass is 10.3. The molecule has 4 nitrogen and oxygen atoms in total. The number of aliphatic carboxylic acids is 1. The first-order chi connectivity index (χ1) is 6.20. The van der Waals surface area contributed by atoms with E-state index < -0.39 is 5.97 Å². The smallest absolute Gasteiger partial charge is 0.334 e. The summed E-state index contributed by atoms with van der Waals surface area (Å²) in [7, 11) is 0. The summed E-state index contributed by atoms with van der Waals surface area (Å²) in [5.74, 6) is -1.04. The highest BCUT2D eigenvalue weighted by molar-refractivity contribution is 5.85. The Hall–Kier alpha value is -1.84. The molecule has 0 amide bonds. The van der Waals surface area contributed by atoms with Gasteiger partial charge < -0.3 is 5.11 Å². The lowest BCUT2D eigenvalue weighted by molar-refractivity contribution is -0.890. The van der Waals surface area contributed by atoms with Gasteiger partial charge in [-0.25, -0.2) is 4.79 Å². The zero-order valence-corrected chi connectivity index (χ0v) is 7.01. The summed E-state index contributed by atoms with van der Waals surface area (Å²) >= 11 is 0. The highest BCUT2D eigenvalue weighted by Crippen LogP contribution is 1.86. The van der Waals surface area contributed by atoms with Crippen molar-refractivity contribution in [3.63, 3.8) is 0 Å².